The Morgan fingerprint density at radius 3 is 2.02 bits per heavy atom. The molecule has 1 fully saturated rings. The highest BCUT2D eigenvalue weighted by Gasteiger charge is 2.41. The summed E-state index contributed by atoms with van der Waals surface area (Å²) in [6, 6.07) is 25.6. The van der Waals surface area contributed by atoms with Gasteiger partial charge in [-0.1, -0.05) is 76.2 Å². The molecule has 1 heterocycles. The lowest BCUT2D eigenvalue weighted by atomic mass is 9.80. The molecule has 2 atom stereocenters. The number of aliphatic hydroxyl groups excluding tert-OH is 1. The van der Waals surface area contributed by atoms with E-state index in [1.807, 2.05) is 71.6 Å². The molecule has 1 aliphatic heterocycles. The minimum atomic E-state index is -0.985. The van der Waals surface area contributed by atoms with Gasteiger partial charge in [-0.25, -0.2) is 0 Å². The van der Waals surface area contributed by atoms with Gasteiger partial charge in [-0.3, -0.25) is 4.79 Å². The summed E-state index contributed by atoms with van der Waals surface area (Å²) in [6.07, 6.45) is 1.02. The van der Waals surface area contributed by atoms with E-state index in [1.165, 1.54) is 0 Å². The fourth-order valence-corrected chi connectivity index (χ4v) is 7.92. The average Bonchev–Trinajstić information content (AvgIpc) is 3.41. The summed E-state index contributed by atoms with van der Waals surface area (Å²) < 4.78 is 17.9. The van der Waals surface area contributed by atoms with E-state index < -0.39 is 11.7 Å². The zero-order valence-electron chi connectivity index (χ0n) is 25.5. The van der Waals surface area contributed by atoms with Crippen LogP contribution in [0.3, 0.4) is 0 Å². The van der Waals surface area contributed by atoms with Gasteiger partial charge in [0.1, 0.15) is 17.1 Å². The number of β-amino-alcohol motifs (C(OH)–C–C–N with tert-alkyl or cyclic N) is 1. The molecule has 7 nitrogen and oxygen atoms in total. The Morgan fingerprint density at radius 2 is 1.49 bits per heavy atom. The fraction of sp³-hybridized carbons (Fsp3) is 0.441. The SMILES string of the molecule is COc1ccc(C(OC[C@@H]2C[C@@H](O)CN2C(=O)CCC(C)(C)SSCCN)(c2ccccc2)c2ccc(OC)cc2)cc1. The highest BCUT2D eigenvalue weighted by molar-refractivity contribution is 8.77. The lowest BCUT2D eigenvalue weighted by Crippen LogP contribution is -2.42. The first-order valence-electron chi connectivity index (χ1n) is 14.7. The van der Waals surface area contributed by atoms with Crippen LogP contribution in [0.15, 0.2) is 78.9 Å². The predicted molar refractivity (Wildman–Crippen MR) is 177 cm³/mol. The first kappa shape index (κ1) is 33.2. The van der Waals surface area contributed by atoms with E-state index in [-0.39, 0.29) is 23.3 Å². The Hall–Kier alpha value is -2.69. The van der Waals surface area contributed by atoms with Crippen LogP contribution >= 0.6 is 21.6 Å². The minimum absolute atomic E-state index is 0.0434. The van der Waals surface area contributed by atoms with Gasteiger partial charge in [0.15, 0.2) is 0 Å². The molecule has 0 saturated carbocycles. The first-order chi connectivity index (χ1) is 20.7. The average molecular weight is 625 g/mol. The Bertz CT molecular complexity index is 1240. The fourth-order valence-electron chi connectivity index (χ4n) is 5.49. The van der Waals surface area contributed by atoms with Gasteiger partial charge in [0.25, 0.3) is 0 Å². The zero-order chi connectivity index (χ0) is 30.9. The molecule has 0 aliphatic carbocycles. The van der Waals surface area contributed by atoms with Crippen molar-refractivity contribution in [2.75, 3.05) is 39.7 Å². The second-order valence-corrected chi connectivity index (χ2v) is 14.5. The molecular formula is C34H44N2O5S2. The molecule has 0 bridgehead atoms. The van der Waals surface area contributed by atoms with Gasteiger partial charge in [-0.2, -0.15) is 0 Å². The molecule has 1 saturated heterocycles. The quantitative estimate of drug-likeness (QED) is 0.123. The van der Waals surface area contributed by atoms with Gasteiger partial charge >= 0.3 is 0 Å². The number of aliphatic hydroxyl groups is 1. The summed E-state index contributed by atoms with van der Waals surface area (Å²) in [7, 11) is 6.82. The number of hydrogen-bond donors (Lipinski definition) is 2. The van der Waals surface area contributed by atoms with Crippen LogP contribution in [0.1, 0.15) is 49.8 Å². The Labute approximate surface area is 263 Å². The van der Waals surface area contributed by atoms with Gasteiger partial charge in [0.2, 0.25) is 5.91 Å². The number of nitrogens with zero attached hydrogens (tertiary/aromatic N) is 1. The molecule has 4 rings (SSSR count). The summed E-state index contributed by atoms with van der Waals surface area (Å²) in [6.45, 7) is 5.52. The molecule has 1 amide bonds. The molecule has 3 N–H and O–H groups in total. The number of hydrogen-bond acceptors (Lipinski definition) is 8. The van der Waals surface area contributed by atoms with Crippen LogP contribution in [-0.2, 0) is 15.1 Å². The van der Waals surface area contributed by atoms with E-state index in [0.717, 1.165) is 40.4 Å². The van der Waals surface area contributed by atoms with Crippen molar-refractivity contribution >= 4 is 27.5 Å². The topological polar surface area (TPSA) is 94.2 Å². The van der Waals surface area contributed by atoms with Crippen LogP contribution in [-0.4, -0.2) is 72.5 Å². The van der Waals surface area contributed by atoms with Crippen LogP contribution in [0.25, 0.3) is 0 Å². The minimum Gasteiger partial charge on any atom is -0.497 e. The smallest absolute Gasteiger partial charge is 0.223 e. The van der Waals surface area contributed by atoms with Crippen molar-refractivity contribution in [1.82, 2.24) is 4.90 Å². The number of nitrogens with two attached hydrogens (primary N) is 1. The third-order valence-electron chi connectivity index (χ3n) is 7.80. The lowest BCUT2D eigenvalue weighted by Gasteiger charge is -2.38. The molecule has 0 aromatic heterocycles. The summed E-state index contributed by atoms with van der Waals surface area (Å²) in [5.74, 6) is 2.42. The van der Waals surface area contributed by atoms with Crippen molar-refractivity contribution in [3.8, 4) is 11.5 Å². The number of rotatable bonds is 15. The molecule has 0 radical (unpaired) electrons. The van der Waals surface area contributed by atoms with E-state index in [0.29, 0.717) is 25.9 Å². The van der Waals surface area contributed by atoms with Crippen molar-refractivity contribution in [1.29, 1.82) is 0 Å². The van der Waals surface area contributed by atoms with Crippen molar-refractivity contribution in [3.05, 3.63) is 95.6 Å². The molecule has 9 heteroatoms. The van der Waals surface area contributed by atoms with E-state index in [1.54, 1.807) is 35.8 Å². The lowest BCUT2D eigenvalue weighted by molar-refractivity contribution is -0.134. The summed E-state index contributed by atoms with van der Waals surface area (Å²) >= 11 is 0. The molecule has 1 aliphatic rings. The predicted octanol–water partition coefficient (Wildman–Crippen LogP) is 5.87. The van der Waals surface area contributed by atoms with Crippen LogP contribution < -0.4 is 15.2 Å². The van der Waals surface area contributed by atoms with E-state index >= 15 is 0 Å². The Kier molecular flexibility index (Phi) is 11.9. The summed E-state index contributed by atoms with van der Waals surface area (Å²) in [5.41, 5.74) is 7.47. The molecule has 43 heavy (non-hydrogen) atoms. The zero-order valence-corrected chi connectivity index (χ0v) is 27.2. The Balaban J connectivity index is 1.64. The molecule has 232 valence electrons. The Morgan fingerprint density at radius 1 is 0.930 bits per heavy atom. The van der Waals surface area contributed by atoms with Crippen molar-refractivity contribution in [2.24, 2.45) is 5.73 Å². The van der Waals surface area contributed by atoms with Crippen LogP contribution in [0.4, 0.5) is 0 Å². The highest BCUT2D eigenvalue weighted by Crippen LogP contribution is 2.43. The number of carbonyl (C=O) groups is 1. The van der Waals surface area contributed by atoms with Gasteiger partial charge in [0.05, 0.1) is 33.0 Å². The van der Waals surface area contributed by atoms with Crippen molar-refractivity contribution in [2.45, 2.75) is 55.6 Å². The number of methoxy groups -OCH3 is 2. The maximum absolute atomic E-state index is 13.5. The maximum Gasteiger partial charge on any atom is 0.223 e. The van der Waals surface area contributed by atoms with Crippen LogP contribution in [0.5, 0.6) is 11.5 Å². The monoisotopic (exact) mass is 624 g/mol. The van der Waals surface area contributed by atoms with Gasteiger partial charge in [-0.05, 0) is 67.6 Å². The molecule has 0 unspecified atom stereocenters. The van der Waals surface area contributed by atoms with E-state index in [9.17, 15) is 9.90 Å². The second kappa shape index (κ2) is 15.3. The van der Waals surface area contributed by atoms with E-state index in [2.05, 4.69) is 26.0 Å². The molecular weight excluding hydrogens is 581 g/mol. The molecule has 3 aromatic carbocycles. The largest absolute Gasteiger partial charge is 0.497 e. The maximum atomic E-state index is 13.5. The molecule has 3 aromatic rings. The third-order valence-corrected chi connectivity index (χ3v) is 11.2. The summed E-state index contributed by atoms with van der Waals surface area (Å²) in [4.78, 5) is 15.4. The second-order valence-electron chi connectivity index (χ2n) is 11.4. The van der Waals surface area contributed by atoms with Gasteiger partial charge in [-0.15, -0.1) is 0 Å². The van der Waals surface area contributed by atoms with Crippen molar-refractivity contribution in [3.63, 3.8) is 0 Å². The van der Waals surface area contributed by atoms with E-state index in [4.69, 9.17) is 19.9 Å². The normalized spacial score (nSPS) is 17.2. The highest BCUT2D eigenvalue weighted by atomic mass is 33.1. The van der Waals surface area contributed by atoms with Crippen LogP contribution in [0.2, 0.25) is 0 Å². The first-order valence-corrected chi connectivity index (χ1v) is 17.0. The third kappa shape index (κ3) is 8.28. The summed E-state index contributed by atoms with van der Waals surface area (Å²) in [5, 5.41) is 10.7. The number of likely N-dealkylation sites (tertiary alicyclic amines) is 1. The van der Waals surface area contributed by atoms with Crippen LogP contribution in [0, 0.1) is 0 Å². The molecule has 0 spiro atoms. The number of amides is 1. The number of carbonyl (C=O) groups excluding carboxylic acids is 1. The standard InChI is InChI=1S/C34H44N2O5S2/c1-33(2,43-42-21-20-35)19-18-32(38)36-23-29(37)22-28(36)24-41-34(25-8-6-5-7-9-25,26-10-14-30(39-3)15-11-26)27-12-16-31(40-4)17-13-27/h5-17,28-29,37H,18-24,35H2,1-4H3/t28-,29+/m0/s1. The van der Waals surface area contributed by atoms with Crippen molar-refractivity contribution < 1.29 is 24.1 Å². The number of ether oxygens (including phenoxy) is 3. The number of benzene rings is 3. The van der Waals surface area contributed by atoms with Gasteiger partial charge in [0, 0.05) is 30.0 Å². The van der Waals surface area contributed by atoms with Gasteiger partial charge < -0.3 is 30.0 Å².